The van der Waals surface area contributed by atoms with Crippen LogP contribution in [0.25, 0.3) is 0 Å². The van der Waals surface area contributed by atoms with Crippen LogP contribution in [0.1, 0.15) is 116 Å². The third kappa shape index (κ3) is 12.3. The van der Waals surface area contributed by atoms with Gasteiger partial charge in [-0.15, -0.1) is 0 Å². The van der Waals surface area contributed by atoms with Crippen LogP contribution in [0.15, 0.2) is 36.4 Å². The number of Topliss-reactive ketones (excluding diaryl/α,β-unsaturated/α-hetero) is 3. The Bertz CT molecular complexity index is 2280. The van der Waals surface area contributed by atoms with Crippen molar-refractivity contribution >= 4 is 60.6 Å². The molecule has 3 spiro atoms. The minimum atomic E-state index is -4.70. The highest BCUT2D eigenvalue weighted by Crippen LogP contribution is 2.57. The average Bonchev–Trinajstić information content (AvgIpc) is 3.02. The number of sulfonamides is 2. The number of carboxylic acid groups (broad SMARTS) is 1. The predicted molar refractivity (Wildman–Crippen MR) is 213 cm³/mol. The largest absolute Gasteiger partial charge is 0.478 e. The zero-order valence-electron chi connectivity index (χ0n) is 34.0. The van der Waals surface area contributed by atoms with Crippen LogP contribution >= 0.6 is 0 Å². The van der Waals surface area contributed by atoms with Gasteiger partial charge in [0, 0.05) is 50.6 Å². The number of carbonyl (C=O) groups is 5. The molecule has 0 bridgehead atoms. The van der Waals surface area contributed by atoms with Gasteiger partial charge in [0.1, 0.15) is 17.3 Å². The molecule has 0 aromatic heterocycles. The molecule has 22 heteroatoms. The number of carbonyl (C=O) groups excluding carboxylic acids is 4. The van der Waals surface area contributed by atoms with Crippen molar-refractivity contribution < 1.29 is 72.3 Å². The lowest BCUT2D eigenvalue weighted by atomic mass is 9.52. The predicted octanol–water partition coefficient (Wildman–Crippen LogP) is 6.32. The van der Waals surface area contributed by atoms with Crippen molar-refractivity contribution in [1.29, 1.82) is 0 Å². The van der Waals surface area contributed by atoms with Crippen LogP contribution < -0.4 is 20.5 Å². The van der Waals surface area contributed by atoms with Gasteiger partial charge in [-0.2, -0.15) is 26.3 Å². The van der Waals surface area contributed by atoms with Crippen LogP contribution in [0.4, 0.5) is 37.7 Å². The molecule has 0 heterocycles. The summed E-state index contributed by atoms with van der Waals surface area (Å²) in [7, 11) is -7.55. The quantitative estimate of drug-likeness (QED) is 0.193. The van der Waals surface area contributed by atoms with Crippen molar-refractivity contribution in [3.05, 3.63) is 58.7 Å². The molecule has 342 valence electrons. The summed E-state index contributed by atoms with van der Waals surface area (Å²) in [5.74, 6) is -0.450. The molecule has 6 aliphatic rings. The van der Waals surface area contributed by atoms with Crippen LogP contribution in [0, 0.1) is 22.2 Å². The normalized spacial score (nSPS) is 22.8. The summed E-state index contributed by atoms with van der Waals surface area (Å²) in [5, 5.41) is 11.4. The van der Waals surface area contributed by atoms with E-state index in [2.05, 4.69) is 17.0 Å². The molecular weight excluding hydrogens is 875 g/mol. The lowest BCUT2D eigenvalue weighted by Crippen LogP contribution is -2.56. The van der Waals surface area contributed by atoms with E-state index in [1.54, 1.807) is 0 Å². The second-order valence-corrected chi connectivity index (χ2v) is 21.5. The molecule has 6 N–H and O–H groups in total. The number of aromatic carboxylic acids is 1. The maximum atomic E-state index is 12.9. The summed E-state index contributed by atoms with van der Waals surface area (Å²) in [4.78, 5) is 55.5. The first-order valence-corrected chi connectivity index (χ1v) is 23.3. The summed E-state index contributed by atoms with van der Waals surface area (Å²) in [6.07, 6.45) is 2.65. The molecule has 6 saturated carbocycles. The van der Waals surface area contributed by atoms with Gasteiger partial charge in [-0.3, -0.25) is 28.6 Å². The Labute approximate surface area is 354 Å². The molecule has 2 aromatic carbocycles. The second-order valence-electron chi connectivity index (χ2n) is 18.0. The Kier molecular flexibility index (Phi) is 13.4. The third-order valence-electron chi connectivity index (χ3n) is 11.8. The molecule has 6 aliphatic carbocycles. The van der Waals surface area contributed by atoms with Gasteiger partial charge in [0.15, 0.2) is 0 Å². The number of ketones is 3. The van der Waals surface area contributed by atoms with Crippen LogP contribution in [0.5, 0.6) is 0 Å². The fourth-order valence-corrected chi connectivity index (χ4v) is 10.6. The van der Waals surface area contributed by atoms with Crippen molar-refractivity contribution in [3.63, 3.8) is 0 Å². The lowest BCUT2D eigenvalue weighted by molar-refractivity contribution is -0.141. The number of amides is 1. The number of nitrogens with two attached hydrogens (primary N) is 1. The summed E-state index contributed by atoms with van der Waals surface area (Å²) in [5.41, 5.74) is 2.47. The van der Waals surface area contributed by atoms with E-state index in [4.69, 9.17) is 10.8 Å². The Hall–Kier alpha value is -4.57. The van der Waals surface area contributed by atoms with E-state index in [-0.39, 0.29) is 22.9 Å². The molecule has 0 unspecified atom stereocenters. The van der Waals surface area contributed by atoms with E-state index in [1.807, 2.05) is 4.72 Å². The van der Waals surface area contributed by atoms with Crippen molar-refractivity contribution in [2.45, 2.75) is 108 Å². The average molecular weight is 923 g/mol. The molecule has 0 radical (unpaired) electrons. The SMILES string of the molecule is CC1CC2(CC(=O)C2)C1.CS(=O)(=O)Nc1ccc(C(F)(F)F)cc1C(=O)NC1CC2(CC(=O)C2)C1.CS(=O)(=O)Nc1ccc(C(F)(F)F)cc1C(=O)O.NC1CC2(CC(=O)C2)C1. The van der Waals surface area contributed by atoms with Crippen LogP contribution in [0.3, 0.4) is 0 Å². The number of anilines is 2. The zero-order valence-corrected chi connectivity index (χ0v) is 35.6. The fraction of sp³-hybridized carbons (Fsp3) is 0.575. The molecule has 1 amide bonds. The first-order valence-electron chi connectivity index (χ1n) is 19.5. The van der Waals surface area contributed by atoms with Crippen molar-refractivity contribution in [1.82, 2.24) is 5.32 Å². The van der Waals surface area contributed by atoms with Crippen LogP contribution in [-0.4, -0.2) is 75.8 Å². The summed E-state index contributed by atoms with van der Waals surface area (Å²) in [6.45, 7) is 2.27. The monoisotopic (exact) mass is 922 g/mol. The Balaban J connectivity index is 0.000000172. The van der Waals surface area contributed by atoms with E-state index in [9.17, 15) is 67.2 Å². The van der Waals surface area contributed by atoms with Crippen molar-refractivity contribution in [3.8, 4) is 0 Å². The number of alkyl halides is 6. The molecule has 8 rings (SSSR count). The number of carboxylic acids is 1. The third-order valence-corrected chi connectivity index (χ3v) is 13.0. The van der Waals surface area contributed by atoms with Gasteiger partial charge in [-0.25, -0.2) is 21.6 Å². The maximum Gasteiger partial charge on any atom is 0.416 e. The van der Waals surface area contributed by atoms with Gasteiger partial charge in [-0.05, 0) is 97.1 Å². The Morgan fingerprint density at radius 2 is 1.00 bits per heavy atom. The molecule has 0 atom stereocenters. The van der Waals surface area contributed by atoms with Gasteiger partial charge in [0.05, 0.1) is 46.1 Å². The Morgan fingerprint density at radius 3 is 1.32 bits per heavy atom. The van der Waals surface area contributed by atoms with Crippen molar-refractivity contribution in [2.24, 2.45) is 27.9 Å². The number of nitrogens with one attached hydrogen (secondary N) is 3. The van der Waals surface area contributed by atoms with Crippen LogP contribution in [-0.2, 0) is 46.8 Å². The summed E-state index contributed by atoms with van der Waals surface area (Å²) in [6, 6.07) is 4.15. The van der Waals surface area contributed by atoms with E-state index in [0.717, 1.165) is 69.1 Å². The van der Waals surface area contributed by atoms with E-state index < -0.39 is 72.2 Å². The first kappa shape index (κ1) is 48.5. The molecular formula is C40H48F6N4O10S2. The van der Waals surface area contributed by atoms with E-state index >= 15 is 0 Å². The van der Waals surface area contributed by atoms with Gasteiger partial charge in [-0.1, -0.05) is 6.92 Å². The molecule has 14 nitrogen and oxygen atoms in total. The molecule has 62 heavy (non-hydrogen) atoms. The number of benzene rings is 2. The number of hydrogen-bond acceptors (Lipinski definition) is 10. The fourth-order valence-electron chi connectivity index (χ4n) is 9.43. The Morgan fingerprint density at radius 1 is 0.645 bits per heavy atom. The lowest BCUT2D eigenvalue weighted by Gasteiger charge is -2.52. The number of hydrogen-bond donors (Lipinski definition) is 5. The standard InChI is InChI=1S/C16H17F3N2O4S.C9H8F3NO4S.C8H12O.C7H11NO/c1-26(24,25)21-13-3-2-9(16(17,18)19)4-12(13)14(23)20-10-5-15(6-10)7-11(22)8-15;1-18(16,17)13-7-3-2-5(9(10,11)12)4-6(7)8(14)15;1-6-2-8(3-6)4-7(9)5-8;8-5-1-7(2-5)3-6(9)4-7/h2-4,10,21H,5-8H2,1H3,(H,20,23);2-4,13H,1H3,(H,14,15);6H,2-5H2,1H3;5H,1-4,8H2. The smallest absolute Gasteiger partial charge is 0.416 e. The van der Waals surface area contributed by atoms with Crippen LogP contribution in [0.2, 0.25) is 0 Å². The van der Waals surface area contributed by atoms with Gasteiger partial charge in [0.25, 0.3) is 5.91 Å². The second kappa shape index (κ2) is 17.2. The summed E-state index contributed by atoms with van der Waals surface area (Å²) < 4.78 is 124. The first-order chi connectivity index (χ1) is 28.3. The van der Waals surface area contributed by atoms with E-state index in [1.165, 1.54) is 12.8 Å². The zero-order chi connectivity index (χ0) is 46.4. The van der Waals surface area contributed by atoms with Gasteiger partial charge in [0.2, 0.25) is 20.0 Å². The molecule has 6 fully saturated rings. The highest BCUT2D eigenvalue weighted by molar-refractivity contribution is 7.92. The summed E-state index contributed by atoms with van der Waals surface area (Å²) >= 11 is 0. The minimum Gasteiger partial charge on any atom is -0.478 e. The molecule has 0 saturated heterocycles. The topological polar surface area (TPSA) is 236 Å². The van der Waals surface area contributed by atoms with E-state index in [0.29, 0.717) is 78.4 Å². The van der Waals surface area contributed by atoms with Gasteiger partial charge >= 0.3 is 18.3 Å². The number of halogens is 6. The molecule has 2 aromatic rings. The highest BCUT2D eigenvalue weighted by Gasteiger charge is 2.53. The highest BCUT2D eigenvalue weighted by atomic mass is 32.2. The minimum absolute atomic E-state index is 0.0727. The van der Waals surface area contributed by atoms with Gasteiger partial charge < -0.3 is 16.2 Å². The molecule has 0 aliphatic heterocycles. The van der Waals surface area contributed by atoms with Crippen molar-refractivity contribution in [2.75, 3.05) is 22.0 Å². The number of rotatable bonds is 7. The maximum absolute atomic E-state index is 12.9.